The zero-order valence-electron chi connectivity index (χ0n) is 10.7. The van der Waals surface area contributed by atoms with E-state index < -0.39 is 0 Å². The van der Waals surface area contributed by atoms with Crippen LogP contribution in [0.4, 0.5) is 4.39 Å². The third-order valence-electron chi connectivity index (χ3n) is 3.02. The first kappa shape index (κ1) is 12.8. The van der Waals surface area contributed by atoms with Crippen molar-refractivity contribution in [3.63, 3.8) is 0 Å². The molecular weight excluding hydrogens is 229 g/mol. The number of aromatic nitrogens is 2. The van der Waals surface area contributed by atoms with E-state index >= 15 is 0 Å². The van der Waals surface area contributed by atoms with Crippen LogP contribution in [0.1, 0.15) is 24.2 Å². The maximum absolute atomic E-state index is 12.9. The third-order valence-corrected chi connectivity index (χ3v) is 3.02. The molecule has 3 nitrogen and oxygen atoms in total. The minimum absolute atomic E-state index is 0.195. The highest BCUT2D eigenvalue weighted by Gasteiger charge is 2.14. The summed E-state index contributed by atoms with van der Waals surface area (Å²) in [7, 11) is 1.93. The Labute approximate surface area is 107 Å². The van der Waals surface area contributed by atoms with Gasteiger partial charge in [-0.1, -0.05) is 19.1 Å². The number of aryl methyl sites for hydroxylation is 1. The molecule has 1 aromatic carbocycles. The normalized spacial score (nSPS) is 12.6. The first-order valence-electron chi connectivity index (χ1n) is 6.16. The minimum atomic E-state index is -0.195. The van der Waals surface area contributed by atoms with Gasteiger partial charge in [-0.25, -0.2) is 4.39 Å². The molecular formula is C14H18FN3. The number of hydrogen-bond acceptors (Lipinski definition) is 2. The van der Waals surface area contributed by atoms with Gasteiger partial charge in [0, 0.05) is 13.2 Å². The van der Waals surface area contributed by atoms with E-state index in [4.69, 9.17) is 0 Å². The highest BCUT2D eigenvalue weighted by Crippen LogP contribution is 2.17. The molecule has 0 amide bonds. The molecule has 0 bridgehead atoms. The fraction of sp³-hybridized carbons (Fsp3) is 0.357. The van der Waals surface area contributed by atoms with Crippen molar-refractivity contribution in [2.45, 2.75) is 19.4 Å². The topological polar surface area (TPSA) is 29.9 Å². The third kappa shape index (κ3) is 2.96. The van der Waals surface area contributed by atoms with Gasteiger partial charge in [-0.05, 0) is 36.7 Å². The Kier molecular flexibility index (Phi) is 4.10. The number of halogens is 1. The molecule has 0 radical (unpaired) electrons. The number of rotatable bonds is 5. The van der Waals surface area contributed by atoms with Crippen LogP contribution in [0.5, 0.6) is 0 Å². The van der Waals surface area contributed by atoms with Gasteiger partial charge in [-0.2, -0.15) is 5.10 Å². The van der Waals surface area contributed by atoms with Gasteiger partial charge >= 0.3 is 0 Å². The van der Waals surface area contributed by atoms with Crippen molar-refractivity contribution < 1.29 is 4.39 Å². The van der Waals surface area contributed by atoms with Crippen LogP contribution in [-0.4, -0.2) is 16.3 Å². The van der Waals surface area contributed by atoms with Gasteiger partial charge in [0.2, 0.25) is 0 Å². The molecule has 1 heterocycles. The highest BCUT2D eigenvalue weighted by molar-refractivity contribution is 5.20. The van der Waals surface area contributed by atoms with E-state index in [1.807, 2.05) is 29.9 Å². The molecule has 1 aromatic heterocycles. The van der Waals surface area contributed by atoms with E-state index in [1.165, 1.54) is 12.1 Å². The van der Waals surface area contributed by atoms with E-state index in [1.54, 1.807) is 6.20 Å². The second-order valence-corrected chi connectivity index (χ2v) is 4.32. The van der Waals surface area contributed by atoms with Gasteiger partial charge < -0.3 is 5.32 Å². The predicted molar refractivity (Wildman–Crippen MR) is 69.7 cm³/mol. The van der Waals surface area contributed by atoms with E-state index in [0.717, 1.165) is 24.2 Å². The van der Waals surface area contributed by atoms with E-state index in [2.05, 4.69) is 17.3 Å². The van der Waals surface area contributed by atoms with Crippen molar-refractivity contribution in [2.75, 3.05) is 6.54 Å². The fourth-order valence-corrected chi connectivity index (χ4v) is 2.11. The molecule has 0 aliphatic carbocycles. The summed E-state index contributed by atoms with van der Waals surface area (Å²) in [5.74, 6) is -0.195. The summed E-state index contributed by atoms with van der Waals surface area (Å²) in [5.41, 5.74) is 2.25. The largest absolute Gasteiger partial charge is 0.309 e. The van der Waals surface area contributed by atoms with Crippen LogP contribution in [0.2, 0.25) is 0 Å². The lowest BCUT2D eigenvalue weighted by molar-refractivity contribution is 0.507. The van der Waals surface area contributed by atoms with Crippen LogP contribution < -0.4 is 5.32 Å². The highest BCUT2D eigenvalue weighted by atomic mass is 19.1. The average molecular weight is 247 g/mol. The van der Waals surface area contributed by atoms with Gasteiger partial charge in [0.25, 0.3) is 0 Å². The Balaban J connectivity index is 2.16. The number of nitrogens with zero attached hydrogens (tertiary/aromatic N) is 2. The summed E-state index contributed by atoms with van der Waals surface area (Å²) >= 11 is 0. The van der Waals surface area contributed by atoms with Crippen molar-refractivity contribution in [1.29, 1.82) is 0 Å². The van der Waals surface area contributed by atoms with Gasteiger partial charge in [-0.15, -0.1) is 0 Å². The molecule has 96 valence electrons. The molecule has 0 saturated heterocycles. The van der Waals surface area contributed by atoms with Crippen molar-refractivity contribution in [3.8, 4) is 0 Å². The fourth-order valence-electron chi connectivity index (χ4n) is 2.11. The molecule has 4 heteroatoms. The summed E-state index contributed by atoms with van der Waals surface area (Å²) in [6, 6.07) is 8.87. The van der Waals surface area contributed by atoms with Crippen LogP contribution in [0.15, 0.2) is 36.5 Å². The monoisotopic (exact) mass is 247 g/mol. The summed E-state index contributed by atoms with van der Waals surface area (Å²) < 4.78 is 14.8. The van der Waals surface area contributed by atoms with Crippen molar-refractivity contribution >= 4 is 0 Å². The number of benzene rings is 1. The first-order valence-corrected chi connectivity index (χ1v) is 6.16. The van der Waals surface area contributed by atoms with E-state index in [9.17, 15) is 4.39 Å². The molecule has 0 aliphatic rings. The van der Waals surface area contributed by atoms with Crippen molar-refractivity contribution in [3.05, 3.63) is 53.6 Å². The summed E-state index contributed by atoms with van der Waals surface area (Å²) in [6.07, 6.45) is 2.62. The number of nitrogens with one attached hydrogen (secondary N) is 1. The summed E-state index contributed by atoms with van der Waals surface area (Å²) in [5, 5.41) is 7.63. The second-order valence-electron chi connectivity index (χ2n) is 4.32. The Morgan fingerprint density at radius 3 is 2.56 bits per heavy atom. The van der Waals surface area contributed by atoms with Gasteiger partial charge in [0.1, 0.15) is 5.82 Å². The molecule has 18 heavy (non-hydrogen) atoms. The molecule has 0 fully saturated rings. The predicted octanol–water partition coefficient (Wildman–Crippen LogP) is 2.45. The van der Waals surface area contributed by atoms with Crippen LogP contribution in [0.3, 0.4) is 0 Å². The second kappa shape index (κ2) is 5.78. The van der Waals surface area contributed by atoms with Gasteiger partial charge in [0.15, 0.2) is 0 Å². The maximum atomic E-state index is 12.9. The Morgan fingerprint density at radius 2 is 2.00 bits per heavy atom. The van der Waals surface area contributed by atoms with E-state index in [-0.39, 0.29) is 11.9 Å². The average Bonchev–Trinajstić information content (AvgIpc) is 2.78. The molecule has 2 aromatic rings. The number of hydrogen-bond donors (Lipinski definition) is 1. The van der Waals surface area contributed by atoms with Crippen molar-refractivity contribution in [2.24, 2.45) is 7.05 Å². The van der Waals surface area contributed by atoms with Crippen LogP contribution in [-0.2, 0) is 13.5 Å². The molecule has 1 N–H and O–H groups in total. The van der Waals surface area contributed by atoms with E-state index in [0.29, 0.717) is 0 Å². The van der Waals surface area contributed by atoms with Crippen molar-refractivity contribution in [1.82, 2.24) is 15.1 Å². The summed E-state index contributed by atoms with van der Waals surface area (Å²) in [4.78, 5) is 0. The SMILES string of the molecule is CCNC(Cc1ccc(F)cc1)c1ccnn1C. The lowest BCUT2D eigenvalue weighted by Crippen LogP contribution is -2.25. The molecule has 2 rings (SSSR count). The molecule has 0 spiro atoms. The Morgan fingerprint density at radius 1 is 1.28 bits per heavy atom. The molecule has 1 atom stereocenters. The van der Waals surface area contributed by atoms with Crippen LogP contribution >= 0.6 is 0 Å². The molecule has 1 unspecified atom stereocenters. The molecule has 0 aliphatic heterocycles. The minimum Gasteiger partial charge on any atom is -0.309 e. The van der Waals surface area contributed by atoms with Gasteiger partial charge in [-0.3, -0.25) is 4.68 Å². The van der Waals surface area contributed by atoms with Crippen LogP contribution in [0.25, 0.3) is 0 Å². The lowest BCUT2D eigenvalue weighted by Gasteiger charge is -2.18. The lowest BCUT2D eigenvalue weighted by atomic mass is 10.0. The maximum Gasteiger partial charge on any atom is 0.123 e. The van der Waals surface area contributed by atoms with Crippen LogP contribution in [0, 0.1) is 5.82 Å². The standard InChI is InChI=1S/C14H18FN3/c1-3-16-13(14-8-9-17-18(14)2)10-11-4-6-12(15)7-5-11/h4-9,13,16H,3,10H2,1-2H3. The smallest absolute Gasteiger partial charge is 0.123 e. The zero-order valence-corrected chi connectivity index (χ0v) is 10.7. The first-order chi connectivity index (χ1) is 8.70. The zero-order chi connectivity index (χ0) is 13.0. The Hall–Kier alpha value is -1.68. The summed E-state index contributed by atoms with van der Waals surface area (Å²) in [6.45, 7) is 2.96. The number of likely N-dealkylation sites (N-methyl/N-ethyl adjacent to an activating group) is 1. The van der Waals surface area contributed by atoms with Gasteiger partial charge in [0.05, 0.1) is 11.7 Å². The quantitative estimate of drug-likeness (QED) is 0.879. The Bertz CT molecular complexity index is 490. The molecule has 0 saturated carbocycles.